The summed E-state index contributed by atoms with van der Waals surface area (Å²) in [7, 11) is 2.15. The van der Waals surface area contributed by atoms with E-state index in [-0.39, 0.29) is 43.3 Å². The first-order valence-electron chi connectivity index (χ1n) is 8.86. The van der Waals surface area contributed by atoms with Crippen LogP contribution in [0.1, 0.15) is 26.2 Å². The van der Waals surface area contributed by atoms with Crippen LogP contribution in [0.15, 0.2) is 18.2 Å². The second-order valence-corrected chi connectivity index (χ2v) is 6.76. The molecule has 0 amide bonds. The summed E-state index contributed by atoms with van der Waals surface area (Å²) in [5.74, 6) is 0. The van der Waals surface area contributed by atoms with Crippen molar-refractivity contribution in [3.05, 3.63) is 18.2 Å². The van der Waals surface area contributed by atoms with E-state index in [1.165, 1.54) is 30.6 Å². The molecule has 2 heterocycles. The van der Waals surface area contributed by atoms with Gasteiger partial charge in [-0.3, -0.25) is 0 Å². The molecule has 152 valence electrons. The van der Waals surface area contributed by atoms with E-state index in [0.717, 1.165) is 38.5 Å². The number of rotatable bonds is 4. The van der Waals surface area contributed by atoms with Crippen LogP contribution in [0.4, 0.5) is 17.1 Å². The maximum Gasteiger partial charge on any atom is 0.0899 e. The summed E-state index contributed by atoms with van der Waals surface area (Å²) in [4.78, 5) is 4.74. The van der Waals surface area contributed by atoms with E-state index in [1.54, 1.807) is 0 Å². The first-order valence-corrected chi connectivity index (χ1v) is 8.86. The zero-order valence-electron chi connectivity index (χ0n) is 15.6. The fourth-order valence-electron chi connectivity index (χ4n) is 3.54. The van der Waals surface area contributed by atoms with Crippen molar-refractivity contribution in [1.29, 1.82) is 0 Å². The van der Waals surface area contributed by atoms with Crippen LogP contribution in [-0.4, -0.2) is 52.0 Å². The number of ether oxygens (including phenoxy) is 1. The van der Waals surface area contributed by atoms with Gasteiger partial charge in [-0.1, -0.05) is 0 Å². The van der Waals surface area contributed by atoms with Gasteiger partial charge in [0.2, 0.25) is 0 Å². The van der Waals surface area contributed by atoms with E-state index in [0.29, 0.717) is 6.04 Å². The Morgan fingerprint density at radius 1 is 1.19 bits per heavy atom. The monoisotopic (exact) mass is 426 g/mol. The Bertz CT molecular complexity index is 523. The van der Waals surface area contributed by atoms with Gasteiger partial charge < -0.3 is 25.6 Å². The maximum atomic E-state index is 6.24. The van der Waals surface area contributed by atoms with Crippen molar-refractivity contribution in [2.45, 2.75) is 38.3 Å². The standard InChI is InChI=1S/C18H30N4O.3ClH/c1-14(18-13-20-8-11-23-18)21(2)15-6-7-16(19)17(12-15)22-9-4-3-5-10-22;;;/h6-7,12,14,18,20H,3-5,8-11,13,19H2,1-2H3;3*1H. The number of hydrogen-bond acceptors (Lipinski definition) is 5. The number of piperidine rings is 1. The SMILES string of the molecule is CC(C1CNCCO1)N(C)c1ccc(N)c(N2CCCCC2)c1.Cl.Cl.Cl. The molecule has 0 aliphatic carbocycles. The summed E-state index contributed by atoms with van der Waals surface area (Å²) in [6.45, 7) is 7.12. The number of likely N-dealkylation sites (N-methyl/N-ethyl adjacent to an activating group) is 1. The topological polar surface area (TPSA) is 53.8 Å². The van der Waals surface area contributed by atoms with E-state index in [9.17, 15) is 0 Å². The minimum absolute atomic E-state index is 0. The molecule has 2 fully saturated rings. The van der Waals surface area contributed by atoms with Gasteiger partial charge in [0.25, 0.3) is 0 Å². The van der Waals surface area contributed by atoms with E-state index in [1.807, 2.05) is 6.07 Å². The molecule has 5 nitrogen and oxygen atoms in total. The second kappa shape index (κ2) is 12.0. The Balaban J connectivity index is 0.00000208. The Kier molecular flexibility index (Phi) is 11.7. The Hall–Kier alpha value is -0.590. The lowest BCUT2D eigenvalue weighted by Gasteiger charge is -2.37. The zero-order valence-corrected chi connectivity index (χ0v) is 18.1. The minimum atomic E-state index is 0. The highest BCUT2D eigenvalue weighted by Crippen LogP contribution is 2.31. The normalized spacial score (nSPS) is 20.8. The number of nitrogens with zero attached hydrogens (tertiary/aromatic N) is 2. The summed E-state index contributed by atoms with van der Waals surface area (Å²) in [5, 5.41) is 3.41. The number of hydrogen-bond donors (Lipinski definition) is 2. The molecule has 0 saturated carbocycles. The van der Waals surface area contributed by atoms with Crippen LogP contribution in [0.5, 0.6) is 0 Å². The van der Waals surface area contributed by atoms with Crippen molar-refractivity contribution in [2.75, 3.05) is 55.4 Å². The largest absolute Gasteiger partial charge is 0.397 e. The van der Waals surface area contributed by atoms with E-state index < -0.39 is 0 Å². The van der Waals surface area contributed by atoms with Crippen LogP contribution in [0.3, 0.4) is 0 Å². The second-order valence-electron chi connectivity index (χ2n) is 6.76. The molecule has 0 spiro atoms. The molecule has 2 aliphatic rings. The Labute approximate surface area is 176 Å². The number of nitrogen functional groups attached to an aromatic ring is 1. The number of nitrogens with one attached hydrogen (secondary N) is 1. The number of nitrogens with two attached hydrogens (primary N) is 1. The average molecular weight is 428 g/mol. The fraction of sp³-hybridized carbons (Fsp3) is 0.667. The molecule has 2 aliphatic heterocycles. The number of halogens is 3. The van der Waals surface area contributed by atoms with Gasteiger partial charge in [-0.15, -0.1) is 37.2 Å². The summed E-state index contributed by atoms with van der Waals surface area (Å²) >= 11 is 0. The molecule has 2 atom stereocenters. The third-order valence-corrected chi connectivity index (χ3v) is 5.22. The number of morpholine rings is 1. The van der Waals surface area contributed by atoms with Crippen LogP contribution in [0, 0.1) is 0 Å². The van der Waals surface area contributed by atoms with Gasteiger partial charge >= 0.3 is 0 Å². The van der Waals surface area contributed by atoms with Crippen LogP contribution >= 0.6 is 37.2 Å². The van der Waals surface area contributed by atoms with Gasteiger partial charge in [0.05, 0.1) is 30.1 Å². The summed E-state index contributed by atoms with van der Waals surface area (Å²) in [6.07, 6.45) is 4.08. The van der Waals surface area contributed by atoms with Gasteiger partial charge in [0, 0.05) is 38.9 Å². The number of benzene rings is 1. The number of anilines is 3. The van der Waals surface area contributed by atoms with Crippen molar-refractivity contribution >= 4 is 54.3 Å². The first kappa shape index (κ1) is 25.4. The molecule has 1 aromatic rings. The first-order chi connectivity index (χ1) is 11.2. The Morgan fingerprint density at radius 3 is 2.50 bits per heavy atom. The van der Waals surface area contributed by atoms with Gasteiger partial charge in [-0.05, 0) is 44.4 Å². The van der Waals surface area contributed by atoms with Crippen molar-refractivity contribution in [1.82, 2.24) is 5.32 Å². The fourth-order valence-corrected chi connectivity index (χ4v) is 3.54. The lowest BCUT2D eigenvalue weighted by Crippen LogP contribution is -2.50. The smallest absolute Gasteiger partial charge is 0.0899 e. The van der Waals surface area contributed by atoms with E-state index in [4.69, 9.17) is 10.5 Å². The lowest BCUT2D eigenvalue weighted by molar-refractivity contribution is 0.0154. The molecule has 3 rings (SSSR count). The summed E-state index contributed by atoms with van der Waals surface area (Å²) in [5.41, 5.74) is 9.52. The van der Waals surface area contributed by atoms with Crippen molar-refractivity contribution < 1.29 is 4.74 Å². The molecule has 8 heteroatoms. The predicted octanol–water partition coefficient (Wildman–Crippen LogP) is 3.34. The average Bonchev–Trinajstić information content (AvgIpc) is 2.62. The highest BCUT2D eigenvalue weighted by Gasteiger charge is 2.25. The van der Waals surface area contributed by atoms with Gasteiger partial charge in [-0.25, -0.2) is 0 Å². The molecule has 26 heavy (non-hydrogen) atoms. The molecule has 3 N–H and O–H groups in total. The van der Waals surface area contributed by atoms with Crippen LogP contribution in [0.25, 0.3) is 0 Å². The van der Waals surface area contributed by atoms with Crippen LogP contribution in [0.2, 0.25) is 0 Å². The zero-order chi connectivity index (χ0) is 16.2. The quantitative estimate of drug-likeness (QED) is 0.722. The van der Waals surface area contributed by atoms with Crippen LogP contribution < -0.4 is 20.9 Å². The van der Waals surface area contributed by atoms with Crippen molar-refractivity contribution in [3.63, 3.8) is 0 Å². The molecule has 2 unspecified atom stereocenters. The molecule has 0 aromatic heterocycles. The highest BCUT2D eigenvalue weighted by molar-refractivity contribution is 5.86. The lowest BCUT2D eigenvalue weighted by atomic mass is 10.1. The molecular weight excluding hydrogens is 395 g/mol. The highest BCUT2D eigenvalue weighted by atomic mass is 35.5. The predicted molar refractivity (Wildman–Crippen MR) is 119 cm³/mol. The van der Waals surface area contributed by atoms with Gasteiger partial charge in [0.1, 0.15) is 0 Å². The minimum Gasteiger partial charge on any atom is -0.397 e. The summed E-state index contributed by atoms with van der Waals surface area (Å²) in [6, 6.07) is 6.73. The van der Waals surface area contributed by atoms with E-state index >= 15 is 0 Å². The molecule has 1 aromatic carbocycles. The third kappa shape index (κ3) is 5.96. The summed E-state index contributed by atoms with van der Waals surface area (Å²) < 4.78 is 5.91. The van der Waals surface area contributed by atoms with Gasteiger partial charge in [0.15, 0.2) is 0 Å². The molecule has 0 bridgehead atoms. The molecule has 0 radical (unpaired) electrons. The third-order valence-electron chi connectivity index (χ3n) is 5.22. The maximum absolute atomic E-state index is 6.24. The van der Waals surface area contributed by atoms with Crippen LogP contribution in [-0.2, 0) is 4.74 Å². The van der Waals surface area contributed by atoms with Gasteiger partial charge in [-0.2, -0.15) is 0 Å². The van der Waals surface area contributed by atoms with Crippen molar-refractivity contribution in [2.24, 2.45) is 0 Å². The van der Waals surface area contributed by atoms with Crippen molar-refractivity contribution in [3.8, 4) is 0 Å². The molecule has 2 saturated heterocycles. The van der Waals surface area contributed by atoms with E-state index in [2.05, 4.69) is 41.2 Å². The molecular formula is C18H33Cl3N4O. The Morgan fingerprint density at radius 2 is 1.88 bits per heavy atom.